The van der Waals surface area contributed by atoms with Gasteiger partial charge in [-0.2, -0.15) is 0 Å². The number of aliphatic hydroxyl groups is 2. The normalized spacial score (nSPS) is 30.9. The third-order valence-corrected chi connectivity index (χ3v) is 3.75. The number of nitrogens with one attached hydrogen (secondary N) is 1. The van der Waals surface area contributed by atoms with Crippen LogP contribution in [0.25, 0.3) is 0 Å². The van der Waals surface area contributed by atoms with Crippen molar-refractivity contribution in [3.05, 3.63) is 0 Å². The van der Waals surface area contributed by atoms with Crippen molar-refractivity contribution in [1.29, 1.82) is 0 Å². The highest BCUT2D eigenvalue weighted by Gasteiger charge is 2.49. The maximum absolute atomic E-state index is 11.9. The van der Waals surface area contributed by atoms with Crippen LogP contribution in [-0.4, -0.2) is 63.1 Å². The molecule has 2 rings (SSSR count). The molecule has 3 atom stereocenters. The lowest BCUT2D eigenvalue weighted by Gasteiger charge is -2.28. The highest BCUT2D eigenvalue weighted by molar-refractivity contribution is 5.86. The molecule has 18 heavy (non-hydrogen) atoms. The summed E-state index contributed by atoms with van der Waals surface area (Å²) in [6.07, 6.45) is -0.358. The van der Waals surface area contributed by atoms with Crippen molar-refractivity contribution in [3.8, 4) is 0 Å². The summed E-state index contributed by atoms with van der Waals surface area (Å²) in [5, 5.41) is 30.4. The first-order chi connectivity index (χ1) is 8.34. The van der Waals surface area contributed by atoms with Gasteiger partial charge in [0.1, 0.15) is 5.54 Å². The molecule has 1 aliphatic carbocycles. The van der Waals surface area contributed by atoms with Crippen LogP contribution in [0.4, 0.5) is 4.79 Å². The minimum absolute atomic E-state index is 0.0212. The molecule has 7 nitrogen and oxygen atoms in total. The first kappa shape index (κ1) is 13.1. The fourth-order valence-electron chi connectivity index (χ4n) is 2.23. The van der Waals surface area contributed by atoms with Crippen LogP contribution in [0.5, 0.6) is 0 Å². The molecule has 2 amide bonds. The Kier molecular flexibility index (Phi) is 3.20. The van der Waals surface area contributed by atoms with E-state index in [2.05, 4.69) is 5.32 Å². The number of likely N-dealkylation sites (tertiary alicyclic amines) is 1. The molecule has 1 saturated carbocycles. The Labute approximate surface area is 104 Å². The quantitative estimate of drug-likeness (QED) is 0.518. The van der Waals surface area contributed by atoms with Crippen molar-refractivity contribution < 1.29 is 24.9 Å². The van der Waals surface area contributed by atoms with Crippen LogP contribution in [0, 0.1) is 5.92 Å². The van der Waals surface area contributed by atoms with Crippen LogP contribution in [0.3, 0.4) is 0 Å². The Morgan fingerprint density at radius 2 is 1.72 bits per heavy atom. The van der Waals surface area contributed by atoms with Gasteiger partial charge in [-0.1, -0.05) is 0 Å². The summed E-state index contributed by atoms with van der Waals surface area (Å²) >= 11 is 0. The molecular formula is C11H18N2O5. The number of carboxylic acids is 1. The van der Waals surface area contributed by atoms with E-state index >= 15 is 0 Å². The first-order valence-electron chi connectivity index (χ1n) is 6.01. The number of urea groups is 1. The van der Waals surface area contributed by atoms with Crippen LogP contribution >= 0.6 is 0 Å². The zero-order chi connectivity index (χ0) is 13.5. The molecule has 1 aliphatic heterocycles. The summed E-state index contributed by atoms with van der Waals surface area (Å²) < 4.78 is 0. The van der Waals surface area contributed by atoms with Gasteiger partial charge in [-0.05, 0) is 25.7 Å². The van der Waals surface area contributed by atoms with Gasteiger partial charge in [0.2, 0.25) is 0 Å². The number of aliphatic hydroxyl groups excluding tert-OH is 2. The van der Waals surface area contributed by atoms with Crippen LogP contribution in [0.2, 0.25) is 0 Å². The third kappa shape index (κ3) is 2.28. The van der Waals surface area contributed by atoms with Crippen LogP contribution in [0.1, 0.15) is 19.8 Å². The maximum Gasteiger partial charge on any atom is 0.329 e. The second-order valence-corrected chi connectivity index (χ2v) is 5.25. The van der Waals surface area contributed by atoms with E-state index in [0.717, 1.165) is 12.8 Å². The van der Waals surface area contributed by atoms with Gasteiger partial charge in [-0.15, -0.1) is 0 Å². The number of hydrogen-bond acceptors (Lipinski definition) is 4. The molecule has 3 unspecified atom stereocenters. The van der Waals surface area contributed by atoms with Crippen molar-refractivity contribution in [2.24, 2.45) is 5.92 Å². The lowest BCUT2D eigenvalue weighted by atomic mass is 9.96. The Bertz CT molecular complexity index is 360. The predicted molar refractivity (Wildman–Crippen MR) is 60.9 cm³/mol. The zero-order valence-electron chi connectivity index (χ0n) is 10.2. The summed E-state index contributed by atoms with van der Waals surface area (Å²) in [5.41, 5.74) is -1.27. The van der Waals surface area contributed by atoms with E-state index in [1.54, 1.807) is 0 Å². The molecule has 2 aliphatic rings. The van der Waals surface area contributed by atoms with Gasteiger partial charge in [-0.3, -0.25) is 0 Å². The van der Waals surface area contributed by atoms with Gasteiger partial charge in [0.15, 0.2) is 0 Å². The van der Waals surface area contributed by atoms with Crippen LogP contribution in [-0.2, 0) is 4.79 Å². The molecular weight excluding hydrogens is 240 g/mol. The summed E-state index contributed by atoms with van der Waals surface area (Å²) in [5.74, 6) is -1.10. The van der Waals surface area contributed by atoms with E-state index in [1.165, 1.54) is 11.8 Å². The van der Waals surface area contributed by atoms with E-state index < -0.39 is 29.7 Å². The second kappa shape index (κ2) is 4.40. The number of nitrogens with zero attached hydrogens (tertiary/aromatic N) is 1. The Morgan fingerprint density at radius 1 is 1.22 bits per heavy atom. The largest absolute Gasteiger partial charge is 0.480 e. The molecule has 2 fully saturated rings. The summed E-state index contributed by atoms with van der Waals surface area (Å²) in [4.78, 5) is 24.4. The van der Waals surface area contributed by atoms with E-state index in [-0.39, 0.29) is 19.0 Å². The molecule has 4 N–H and O–H groups in total. The molecule has 0 bridgehead atoms. The molecule has 0 aromatic carbocycles. The number of hydrogen-bond donors (Lipinski definition) is 4. The standard InChI is InChI=1S/C11H18N2O5/c1-11(9(16)17,6-2-3-6)12-10(18)13-4-7(14)8(15)5-13/h6-8,14-15H,2-5H2,1H3,(H,12,18)(H,16,17). The van der Waals surface area contributed by atoms with E-state index in [9.17, 15) is 24.9 Å². The number of rotatable bonds is 3. The minimum Gasteiger partial charge on any atom is -0.480 e. The lowest BCUT2D eigenvalue weighted by Crippen LogP contribution is -2.57. The smallest absolute Gasteiger partial charge is 0.329 e. The second-order valence-electron chi connectivity index (χ2n) is 5.25. The Balaban J connectivity index is 2.00. The topological polar surface area (TPSA) is 110 Å². The summed E-state index contributed by atoms with van der Waals surface area (Å²) in [7, 11) is 0. The third-order valence-electron chi connectivity index (χ3n) is 3.75. The number of carbonyl (C=O) groups excluding carboxylic acids is 1. The number of carbonyl (C=O) groups is 2. The SMILES string of the molecule is CC(NC(=O)N1CC(O)C(O)C1)(C(=O)O)C1CC1. The molecule has 0 aromatic rings. The summed E-state index contributed by atoms with van der Waals surface area (Å²) in [6, 6.07) is -0.553. The average molecular weight is 258 g/mol. The lowest BCUT2D eigenvalue weighted by molar-refractivity contribution is -0.144. The predicted octanol–water partition coefficient (Wildman–Crippen LogP) is -1.01. The highest BCUT2D eigenvalue weighted by atomic mass is 16.4. The van der Waals surface area contributed by atoms with Crippen LogP contribution < -0.4 is 5.32 Å². The number of β-amino-alcohol motifs (C(OH)–C–C–N with tert-alkyl or cyclic N) is 2. The Hall–Kier alpha value is -1.34. The van der Waals surface area contributed by atoms with Gasteiger partial charge < -0.3 is 25.5 Å². The molecule has 1 heterocycles. The van der Waals surface area contributed by atoms with Crippen LogP contribution in [0.15, 0.2) is 0 Å². The summed E-state index contributed by atoms with van der Waals surface area (Å²) in [6.45, 7) is 1.54. The van der Waals surface area contributed by atoms with E-state index in [1.807, 2.05) is 0 Å². The average Bonchev–Trinajstić information content (AvgIpc) is 3.07. The fraction of sp³-hybridized carbons (Fsp3) is 0.818. The first-order valence-corrected chi connectivity index (χ1v) is 6.01. The van der Waals surface area contributed by atoms with Crippen molar-refractivity contribution >= 4 is 12.0 Å². The molecule has 0 aromatic heterocycles. The van der Waals surface area contributed by atoms with E-state index in [0.29, 0.717) is 0 Å². The van der Waals surface area contributed by atoms with Crippen molar-refractivity contribution in [3.63, 3.8) is 0 Å². The number of carboxylic acid groups (broad SMARTS) is 1. The number of amides is 2. The maximum atomic E-state index is 11.9. The van der Waals surface area contributed by atoms with Gasteiger partial charge in [0, 0.05) is 0 Å². The van der Waals surface area contributed by atoms with Crippen molar-refractivity contribution in [2.45, 2.75) is 37.5 Å². The molecule has 7 heteroatoms. The highest BCUT2D eigenvalue weighted by Crippen LogP contribution is 2.39. The Morgan fingerprint density at radius 3 is 2.11 bits per heavy atom. The number of aliphatic carboxylic acids is 1. The van der Waals surface area contributed by atoms with Gasteiger partial charge in [0.05, 0.1) is 25.3 Å². The van der Waals surface area contributed by atoms with Gasteiger partial charge >= 0.3 is 12.0 Å². The molecule has 102 valence electrons. The van der Waals surface area contributed by atoms with Crippen molar-refractivity contribution in [2.75, 3.05) is 13.1 Å². The van der Waals surface area contributed by atoms with Gasteiger partial charge in [-0.25, -0.2) is 9.59 Å². The molecule has 0 spiro atoms. The van der Waals surface area contributed by atoms with Gasteiger partial charge in [0.25, 0.3) is 0 Å². The van der Waals surface area contributed by atoms with Crippen molar-refractivity contribution in [1.82, 2.24) is 10.2 Å². The molecule has 1 saturated heterocycles. The van der Waals surface area contributed by atoms with E-state index in [4.69, 9.17) is 0 Å². The molecule has 0 radical (unpaired) electrons. The fourth-order valence-corrected chi connectivity index (χ4v) is 2.23. The zero-order valence-corrected chi connectivity index (χ0v) is 10.2. The monoisotopic (exact) mass is 258 g/mol. The minimum atomic E-state index is -1.27.